The molecule has 2 N–H and O–H groups in total. The van der Waals surface area contributed by atoms with Crippen molar-refractivity contribution in [1.29, 1.82) is 0 Å². The lowest BCUT2D eigenvalue weighted by Crippen LogP contribution is -2.42. The van der Waals surface area contributed by atoms with Crippen LogP contribution in [-0.4, -0.2) is 46.0 Å². The first-order valence-electron chi connectivity index (χ1n) is 9.88. The van der Waals surface area contributed by atoms with Gasteiger partial charge in [-0.15, -0.1) is 11.3 Å². The van der Waals surface area contributed by atoms with Crippen LogP contribution in [0.2, 0.25) is 0 Å². The Kier molecular flexibility index (Phi) is 6.03. The quantitative estimate of drug-likeness (QED) is 0.458. The highest BCUT2D eigenvalue weighted by molar-refractivity contribution is 7.15. The third-order valence-corrected chi connectivity index (χ3v) is 6.11. The van der Waals surface area contributed by atoms with Gasteiger partial charge in [0, 0.05) is 55.3 Å². The molecule has 0 saturated carbocycles. The SMILES string of the molecule is Cc1nc(Nc2cc(CN3CCNCC3)cc(-c3cccc([N+](=O)[O-])c3)n2)sc1C. The maximum Gasteiger partial charge on any atom is 0.270 e. The van der Waals surface area contributed by atoms with E-state index in [1.807, 2.05) is 32.0 Å². The van der Waals surface area contributed by atoms with Crippen molar-refractivity contribution in [3.63, 3.8) is 0 Å². The maximum absolute atomic E-state index is 11.2. The van der Waals surface area contributed by atoms with Crippen LogP contribution < -0.4 is 10.6 Å². The Morgan fingerprint density at radius 3 is 2.70 bits per heavy atom. The van der Waals surface area contributed by atoms with Gasteiger partial charge in [0.05, 0.1) is 16.3 Å². The molecule has 3 aromatic rings. The number of nitro groups is 1. The van der Waals surface area contributed by atoms with E-state index in [1.165, 1.54) is 6.07 Å². The first-order valence-corrected chi connectivity index (χ1v) is 10.7. The van der Waals surface area contributed by atoms with E-state index in [-0.39, 0.29) is 10.6 Å². The number of nitrogens with zero attached hydrogens (tertiary/aromatic N) is 4. The molecule has 0 bridgehead atoms. The summed E-state index contributed by atoms with van der Waals surface area (Å²) in [4.78, 5) is 23.7. The maximum atomic E-state index is 11.2. The summed E-state index contributed by atoms with van der Waals surface area (Å²) < 4.78 is 0. The summed E-state index contributed by atoms with van der Waals surface area (Å²) in [6, 6.07) is 10.7. The fourth-order valence-corrected chi connectivity index (χ4v) is 4.25. The van der Waals surface area contributed by atoms with Crippen LogP contribution in [0, 0.1) is 24.0 Å². The standard InChI is InChI=1S/C21H24N6O2S/c1-14-15(2)30-21(23-14)25-20-11-16(13-26-8-6-22-7-9-26)10-19(24-20)17-4-3-5-18(12-17)27(28)29/h3-5,10-12,22H,6-9,13H2,1-2H3,(H,23,24,25). The van der Waals surface area contributed by atoms with Crippen molar-refractivity contribution in [2.45, 2.75) is 20.4 Å². The third-order valence-electron chi connectivity index (χ3n) is 5.12. The number of piperazine rings is 1. The molecule has 0 unspecified atom stereocenters. The minimum absolute atomic E-state index is 0.0579. The number of hydrogen-bond acceptors (Lipinski definition) is 8. The average Bonchev–Trinajstić information content (AvgIpc) is 3.05. The Morgan fingerprint density at radius 2 is 2.00 bits per heavy atom. The van der Waals surface area contributed by atoms with Gasteiger partial charge in [-0.1, -0.05) is 12.1 Å². The van der Waals surface area contributed by atoms with Crippen LogP contribution in [-0.2, 0) is 6.54 Å². The van der Waals surface area contributed by atoms with Crippen molar-refractivity contribution in [2.24, 2.45) is 0 Å². The van der Waals surface area contributed by atoms with Gasteiger partial charge >= 0.3 is 0 Å². The molecule has 0 spiro atoms. The summed E-state index contributed by atoms with van der Waals surface area (Å²) in [5, 5.41) is 18.7. The summed E-state index contributed by atoms with van der Waals surface area (Å²) in [6.07, 6.45) is 0. The number of benzene rings is 1. The second-order valence-electron chi connectivity index (χ2n) is 7.37. The summed E-state index contributed by atoms with van der Waals surface area (Å²) >= 11 is 1.59. The largest absolute Gasteiger partial charge is 0.316 e. The minimum atomic E-state index is -0.381. The van der Waals surface area contributed by atoms with Crippen molar-refractivity contribution < 1.29 is 4.92 Å². The molecule has 1 fully saturated rings. The molecule has 0 radical (unpaired) electrons. The van der Waals surface area contributed by atoms with E-state index < -0.39 is 0 Å². The summed E-state index contributed by atoms with van der Waals surface area (Å²) in [5.74, 6) is 0.692. The molecule has 156 valence electrons. The Hall–Kier alpha value is -2.88. The van der Waals surface area contributed by atoms with E-state index in [1.54, 1.807) is 23.5 Å². The molecule has 1 aliphatic rings. The number of rotatable bonds is 6. The Balaban J connectivity index is 1.69. The number of pyridine rings is 1. The van der Waals surface area contributed by atoms with Crippen molar-refractivity contribution in [3.8, 4) is 11.3 Å². The number of aryl methyl sites for hydroxylation is 2. The number of non-ortho nitro benzene ring substituents is 1. The van der Waals surface area contributed by atoms with Crippen molar-refractivity contribution >= 4 is 28.0 Å². The van der Waals surface area contributed by atoms with Crippen LogP contribution >= 0.6 is 11.3 Å². The molecule has 9 heteroatoms. The lowest BCUT2D eigenvalue weighted by atomic mass is 10.1. The molecule has 30 heavy (non-hydrogen) atoms. The van der Waals surface area contributed by atoms with Gasteiger partial charge in [0.2, 0.25) is 0 Å². The van der Waals surface area contributed by atoms with Gasteiger partial charge in [0.25, 0.3) is 5.69 Å². The normalized spacial score (nSPS) is 14.6. The zero-order chi connectivity index (χ0) is 21.1. The number of aromatic nitrogens is 2. The van der Waals surface area contributed by atoms with E-state index in [0.29, 0.717) is 11.5 Å². The van der Waals surface area contributed by atoms with Gasteiger partial charge in [-0.05, 0) is 31.5 Å². The number of anilines is 2. The molecule has 0 amide bonds. The second-order valence-corrected chi connectivity index (χ2v) is 8.57. The van der Waals surface area contributed by atoms with Crippen LogP contribution in [0.3, 0.4) is 0 Å². The highest BCUT2D eigenvalue weighted by Gasteiger charge is 2.15. The summed E-state index contributed by atoms with van der Waals surface area (Å²) in [5.41, 5.74) is 3.60. The van der Waals surface area contributed by atoms with Crippen LogP contribution in [0.15, 0.2) is 36.4 Å². The third kappa shape index (κ3) is 4.81. The van der Waals surface area contributed by atoms with E-state index >= 15 is 0 Å². The second kappa shape index (κ2) is 8.86. The summed E-state index contributed by atoms with van der Waals surface area (Å²) in [7, 11) is 0. The number of hydrogen-bond donors (Lipinski definition) is 2. The highest BCUT2D eigenvalue weighted by atomic mass is 32.1. The van der Waals surface area contributed by atoms with Gasteiger partial charge < -0.3 is 10.6 Å². The molecule has 0 aliphatic carbocycles. The average molecular weight is 425 g/mol. The first-order chi connectivity index (χ1) is 14.5. The number of nitrogens with one attached hydrogen (secondary N) is 2. The number of thiazole rings is 1. The van der Waals surface area contributed by atoms with Crippen LogP contribution in [0.1, 0.15) is 16.1 Å². The van der Waals surface area contributed by atoms with E-state index in [0.717, 1.165) is 59.6 Å². The monoisotopic (exact) mass is 424 g/mol. The molecular formula is C21H24N6O2S. The van der Waals surface area contributed by atoms with Crippen LogP contribution in [0.25, 0.3) is 11.3 Å². The minimum Gasteiger partial charge on any atom is -0.316 e. The van der Waals surface area contributed by atoms with Gasteiger partial charge in [0.15, 0.2) is 5.13 Å². The van der Waals surface area contributed by atoms with Crippen molar-refractivity contribution in [2.75, 3.05) is 31.5 Å². The Morgan fingerprint density at radius 1 is 1.20 bits per heavy atom. The molecule has 4 rings (SSSR count). The van der Waals surface area contributed by atoms with E-state index in [4.69, 9.17) is 4.98 Å². The summed E-state index contributed by atoms with van der Waals surface area (Å²) in [6.45, 7) is 8.76. The fourth-order valence-electron chi connectivity index (χ4n) is 3.43. The molecule has 1 aliphatic heterocycles. The van der Waals surface area contributed by atoms with Crippen molar-refractivity contribution in [3.05, 3.63) is 62.6 Å². The molecule has 3 heterocycles. The first kappa shape index (κ1) is 20.4. The zero-order valence-corrected chi connectivity index (χ0v) is 17.8. The molecule has 1 saturated heterocycles. The smallest absolute Gasteiger partial charge is 0.270 e. The highest BCUT2D eigenvalue weighted by Crippen LogP contribution is 2.28. The Labute approximate surface area is 179 Å². The zero-order valence-electron chi connectivity index (χ0n) is 17.0. The lowest BCUT2D eigenvalue weighted by molar-refractivity contribution is -0.384. The number of nitro benzene ring substituents is 1. The van der Waals surface area contributed by atoms with Gasteiger partial charge in [-0.2, -0.15) is 0 Å². The lowest BCUT2D eigenvalue weighted by Gasteiger charge is -2.27. The Bertz CT molecular complexity index is 1040. The predicted octanol–water partition coefficient (Wildman–Crippen LogP) is 3.88. The van der Waals surface area contributed by atoms with Gasteiger partial charge in [-0.25, -0.2) is 9.97 Å². The van der Waals surface area contributed by atoms with Gasteiger partial charge in [0.1, 0.15) is 5.82 Å². The predicted molar refractivity (Wildman–Crippen MR) is 119 cm³/mol. The van der Waals surface area contributed by atoms with E-state index in [2.05, 4.69) is 20.5 Å². The fraction of sp³-hybridized carbons (Fsp3) is 0.333. The molecule has 2 aromatic heterocycles. The van der Waals surface area contributed by atoms with Gasteiger partial charge in [-0.3, -0.25) is 15.0 Å². The van der Waals surface area contributed by atoms with Crippen LogP contribution in [0.4, 0.5) is 16.6 Å². The molecule has 0 atom stereocenters. The molecular weight excluding hydrogens is 400 g/mol. The molecule has 8 nitrogen and oxygen atoms in total. The molecule has 1 aromatic carbocycles. The van der Waals surface area contributed by atoms with E-state index in [9.17, 15) is 10.1 Å². The van der Waals surface area contributed by atoms with Crippen molar-refractivity contribution in [1.82, 2.24) is 20.2 Å². The van der Waals surface area contributed by atoms with Crippen LogP contribution in [0.5, 0.6) is 0 Å². The topological polar surface area (TPSA) is 96.2 Å².